The first kappa shape index (κ1) is 8.37. The van der Waals surface area contributed by atoms with Crippen LogP contribution in [0.5, 0.6) is 0 Å². The number of benzene rings is 1. The Labute approximate surface area is 83.7 Å². The summed E-state index contributed by atoms with van der Waals surface area (Å²) in [6.07, 6.45) is 1.43. The minimum absolute atomic E-state index is 0.660. The minimum Gasteiger partial charge on any atom is -0.160 e. The van der Waals surface area contributed by atoms with Crippen LogP contribution >= 0.6 is 15.9 Å². The molecule has 0 bridgehead atoms. The molecule has 13 heavy (non-hydrogen) atoms. The predicted molar refractivity (Wildman–Crippen MR) is 51.1 cm³/mol. The topological polar surface area (TPSA) is 43.6 Å². The van der Waals surface area contributed by atoms with Gasteiger partial charge in [-0.1, -0.05) is 28.1 Å². The second-order valence-corrected chi connectivity index (χ2v) is 3.51. The zero-order chi connectivity index (χ0) is 9.10. The van der Waals surface area contributed by atoms with Gasteiger partial charge in [-0.2, -0.15) is 4.80 Å². The fraction of sp³-hybridized carbons (Fsp3) is 0.125. The van der Waals surface area contributed by atoms with E-state index in [9.17, 15) is 0 Å². The van der Waals surface area contributed by atoms with Crippen molar-refractivity contribution in [2.45, 2.75) is 6.54 Å². The fourth-order valence-corrected chi connectivity index (χ4v) is 1.28. The largest absolute Gasteiger partial charge is 0.162 e. The van der Waals surface area contributed by atoms with Crippen LogP contribution in [0.15, 0.2) is 35.1 Å². The lowest BCUT2D eigenvalue weighted by Gasteiger charge is -1.98. The van der Waals surface area contributed by atoms with Crippen molar-refractivity contribution < 1.29 is 0 Å². The van der Waals surface area contributed by atoms with Crippen molar-refractivity contribution in [1.29, 1.82) is 0 Å². The van der Waals surface area contributed by atoms with E-state index >= 15 is 0 Å². The third-order valence-electron chi connectivity index (χ3n) is 1.63. The van der Waals surface area contributed by atoms with Gasteiger partial charge >= 0.3 is 0 Å². The summed E-state index contributed by atoms with van der Waals surface area (Å²) in [7, 11) is 0. The second-order valence-electron chi connectivity index (χ2n) is 2.59. The van der Waals surface area contributed by atoms with Gasteiger partial charge in [-0.05, 0) is 22.9 Å². The first-order chi connectivity index (χ1) is 6.34. The molecule has 0 amide bonds. The summed E-state index contributed by atoms with van der Waals surface area (Å²) in [5.74, 6) is 0. The van der Waals surface area contributed by atoms with Gasteiger partial charge in [0.15, 0.2) is 6.33 Å². The summed E-state index contributed by atoms with van der Waals surface area (Å²) in [6, 6.07) is 8.03. The van der Waals surface area contributed by atoms with E-state index in [1.54, 1.807) is 4.80 Å². The number of hydrogen-bond acceptors (Lipinski definition) is 3. The quantitative estimate of drug-likeness (QED) is 0.797. The molecule has 66 valence electrons. The lowest BCUT2D eigenvalue weighted by Crippen LogP contribution is -2.03. The van der Waals surface area contributed by atoms with Crippen molar-refractivity contribution in [3.63, 3.8) is 0 Å². The number of rotatable bonds is 2. The van der Waals surface area contributed by atoms with E-state index in [4.69, 9.17) is 0 Å². The normalized spacial score (nSPS) is 10.2. The van der Waals surface area contributed by atoms with E-state index in [0.29, 0.717) is 6.54 Å². The van der Waals surface area contributed by atoms with Crippen LogP contribution in [0.4, 0.5) is 0 Å². The fourth-order valence-electron chi connectivity index (χ4n) is 1.01. The van der Waals surface area contributed by atoms with Gasteiger partial charge in [0.2, 0.25) is 0 Å². The molecule has 1 heterocycles. The van der Waals surface area contributed by atoms with E-state index < -0.39 is 0 Å². The maximum atomic E-state index is 3.92. The van der Waals surface area contributed by atoms with Crippen LogP contribution in [-0.2, 0) is 6.54 Å². The summed E-state index contributed by atoms with van der Waals surface area (Å²) >= 11 is 3.37. The van der Waals surface area contributed by atoms with E-state index in [1.807, 2.05) is 24.3 Å². The molecule has 4 nitrogen and oxygen atoms in total. The molecule has 0 spiro atoms. The van der Waals surface area contributed by atoms with Crippen molar-refractivity contribution in [3.05, 3.63) is 40.6 Å². The van der Waals surface area contributed by atoms with Gasteiger partial charge in [-0.3, -0.25) is 0 Å². The van der Waals surface area contributed by atoms with Crippen LogP contribution in [0, 0.1) is 0 Å². The first-order valence-electron chi connectivity index (χ1n) is 3.80. The number of halogens is 1. The van der Waals surface area contributed by atoms with Gasteiger partial charge in [0.1, 0.15) is 0 Å². The standard InChI is InChI=1S/C8H7BrN4/c9-8-3-1-7(2-4-8)5-13-11-6-10-12-13/h1-4,6H,5H2. The second kappa shape index (κ2) is 3.66. The highest BCUT2D eigenvalue weighted by Gasteiger charge is 1.95. The van der Waals surface area contributed by atoms with E-state index in [-0.39, 0.29) is 0 Å². The Kier molecular flexibility index (Phi) is 2.35. The third-order valence-corrected chi connectivity index (χ3v) is 2.16. The average molecular weight is 239 g/mol. The van der Waals surface area contributed by atoms with Gasteiger partial charge in [0.05, 0.1) is 6.54 Å². The molecule has 0 aliphatic heterocycles. The molecule has 0 atom stereocenters. The molecule has 0 saturated heterocycles. The van der Waals surface area contributed by atoms with E-state index in [0.717, 1.165) is 10.0 Å². The van der Waals surface area contributed by atoms with Crippen molar-refractivity contribution in [2.75, 3.05) is 0 Å². The lowest BCUT2D eigenvalue weighted by molar-refractivity contribution is 0.572. The summed E-state index contributed by atoms with van der Waals surface area (Å²) < 4.78 is 1.07. The highest BCUT2D eigenvalue weighted by Crippen LogP contribution is 2.10. The summed E-state index contributed by atoms with van der Waals surface area (Å²) in [5.41, 5.74) is 1.15. The minimum atomic E-state index is 0.660. The van der Waals surface area contributed by atoms with Gasteiger partial charge in [-0.25, -0.2) is 0 Å². The molecule has 0 radical (unpaired) electrons. The van der Waals surface area contributed by atoms with Crippen LogP contribution in [-0.4, -0.2) is 20.2 Å². The predicted octanol–water partition coefficient (Wildman–Crippen LogP) is 1.48. The van der Waals surface area contributed by atoms with Crippen LogP contribution in [0.25, 0.3) is 0 Å². The van der Waals surface area contributed by atoms with E-state index in [2.05, 4.69) is 31.3 Å². The Morgan fingerprint density at radius 2 is 2.00 bits per heavy atom. The zero-order valence-electron chi connectivity index (χ0n) is 6.76. The molecule has 2 aromatic rings. The molecule has 0 saturated carbocycles. The smallest absolute Gasteiger partial charge is 0.160 e. The molecule has 0 aliphatic carbocycles. The monoisotopic (exact) mass is 238 g/mol. The molecule has 0 aliphatic rings. The van der Waals surface area contributed by atoms with Crippen molar-refractivity contribution in [1.82, 2.24) is 20.2 Å². The van der Waals surface area contributed by atoms with Gasteiger partial charge in [-0.15, -0.1) is 10.2 Å². The summed E-state index contributed by atoms with van der Waals surface area (Å²) in [5, 5.41) is 11.3. The highest BCUT2D eigenvalue weighted by molar-refractivity contribution is 9.10. The average Bonchev–Trinajstić information content (AvgIpc) is 2.62. The van der Waals surface area contributed by atoms with Crippen molar-refractivity contribution in [2.24, 2.45) is 0 Å². The van der Waals surface area contributed by atoms with Gasteiger partial charge in [0.25, 0.3) is 0 Å². The Balaban J connectivity index is 2.15. The Morgan fingerprint density at radius 3 is 2.62 bits per heavy atom. The number of tetrazole rings is 1. The van der Waals surface area contributed by atoms with Gasteiger partial charge < -0.3 is 0 Å². The van der Waals surface area contributed by atoms with E-state index in [1.165, 1.54) is 6.33 Å². The van der Waals surface area contributed by atoms with Crippen LogP contribution < -0.4 is 0 Å². The lowest BCUT2D eigenvalue weighted by atomic mass is 10.2. The van der Waals surface area contributed by atoms with Gasteiger partial charge in [0, 0.05) is 4.47 Å². The molecule has 0 N–H and O–H groups in total. The molecule has 1 aromatic carbocycles. The molecular weight excluding hydrogens is 232 g/mol. The molecule has 1 aromatic heterocycles. The highest BCUT2D eigenvalue weighted by atomic mass is 79.9. The maximum Gasteiger partial charge on any atom is 0.162 e. The molecular formula is C8H7BrN4. The first-order valence-corrected chi connectivity index (χ1v) is 4.59. The summed E-state index contributed by atoms with van der Waals surface area (Å²) in [6.45, 7) is 0.660. The molecule has 0 fully saturated rings. The number of nitrogens with zero attached hydrogens (tertiary/aromatic N) is 4. The molecule has 0 unspecified atom stereocenters. The number of hydrogen-bond donors (Lipinski definition) is 0. The molecule has 2 rings (SSSR count). The van der Waals surface area contributed by atoms with Crippen LogP contribution in [0.3, 0.4) is 0 Å². The number of aromatic nitrogens is 4. The van der Waals surface area contributed by atoms with Crippen LogP contribution in [0.1, 0.15) is 5.56 Å². The Hall–Kier alpha value is -1.23. The molecule has 5 heteroatoms. The Bertz CT molecular complexity index is 368. The zero-order valence-corrected chi connectivity index (χ0v) is 8.35. The van der Waals surface area contributed by atoms with Crippen LogP contribution in [0.2, 0.25) is 0 Å². The maximum absolute atomic E-state index is 3.92. The Morgan fingerprint density at radius 1 is 1.23 bits per heavy atom. The third kappa shape index (κ3) is 2.12. The van der Waals surface area contributed by atoms with Crippen molar-refractivity contribution >= 4 is 15.9 Å². The SMILES string of the molecule is Brc1ccc(Cn2ncnn2)cc1. The summed E-state index contributed by atoms with van der Waals surface area (Å²) in [4.78, 5) is 1.54. The van der Waals surface area contributed by atoms with Crippen molar-refractivity contribution in [3.8, 4) is 0 Å².